The minimum absolute atomic E-state index is 0.403. The van der Waals surface area contributed by atoms with Gasteiger partial charge in [-0.25, -0.2) is 8.42 Å². The molecule has 0 amide bonds. The molecule has 0 bridgehead atoms. The summed E-state index contributed by atoms with van der Waals surface area (Å²) in [6.07, 6.45) is 1.79. The van der Waals surface area contributed by atoms with E-state index in [9.17, 15) is 8.42 Å². The summed E-state index contributed by atoms with van der Waals surface area (Å²) >= 11 is 0. The first kappa shape index (κ1) is 16.4. The molecule has 5 nitrogen and oxygen atoms in total. The van der Waals surface area contributed by atoms with Gasteiger partial charge in [0.05, 0.1) is 4.90 Å². The van der Waals surface area contributed by atoms with Gasteiger partial charge in [0, 0.05) is 19.6 Å². The highest BCUT2D eigenvalue weighted by atomic mass is 32.2. The van der Waals surface area contributed by atoms with Gasteiger partial charge in [0.1, 0.15) is 0 Å². The smallest absolute Gasteiger partial charge is 0.243 e. The molecule has 1 saturated heterocycles. The van der Waals surface area contributed by atoms with Crippen LogP contribution in [-0.2, 0) is 16.4 Å². The molecular formula is C15H25N3O2S. The van der Waals surface area contributed by atoms with Crippen LogP contribution >= 0.6 is 0 Å². The fourth-order valence-corrected chi connectivity index (χ4v) is 3.98. The zero-order chi connectivity index (χ0) is 15.3. The van der Waals surface area contributed by atoms with Gasteiger partial charge in [-0.3, -0.25) is 0 Å². The van der Waals surface area contributed by atoms with Crippen LogP contribution in [0.3, 0.4) is 0 Å². The van der Waals surface area contributed by atoms with Gasteiger partial charge in [-0.05, 0) is 57.7 Å². The molecular weight excluding hydrogens is 286 g/mol. The van der Waals surface area contributed by atoms with Gasteiger partial charge in [0.2, 0.25) is 10.0 Å². The van der Waals surface area contributed by atoms with E-state index in [-0.39, 0.29) is 0 Å². The van der Waals surface area contributed by atoms with E-state index in [2.05, 4.69) is 10.2 Å². The second-order valence-corrected chi connectivity index (χ2v) is 7.50. The van der Waals surface area contributed by atoms with E-state index in [0.717, 1.165) is 38.0 Å². The number of hydrogen-bond acceptors (Lipinski definition) is 4. The van der Waals surface area contributed by atoms with Crippen LogP contribution in [0.5, 0.6) is 0 Å². The van der Waals surface area contributed by atoms with Crippen molar-refractivity contribution in [1.29, 1.82) is 0 Å². The second-order valence-electron chi connectivity index (χ2n) is 5.56. The molecule has 0 saturated carbocycles. The number of hydrogen-bond donors (Lipinski definition) is 1. The molecule has 1 aliphatic rings. The summed E-state index contributed by atoms with van der Waals surface area (Å²) in [7, 11) is 0.591. The Morgan fingerprint density at radius 1 is 1.10 bits per heavy atom. The molecule has 1 N–H and O–H groups in total. The SMILES string of the molecule is CNCCc1ccc(S(=O)(=O)N2CCCN(C)CC2)cc1. The van der Waals surface area contributed by atoms with Crippen LogP contribution in [0, 0.1) is 0 Å². The fourth-order valence-electron chi connectivity index (χ4n) is 2.51. The topological polar surface area (TPSA) is 52.7 Å². The number of benzene rings is 1. The van der Waals surface area contributed by atoms with Gasteiger partial charge in [-0.15, -0.1) is 0 Å². The van der Waals surface area contributed by atoms with Gasteiger partial charge < -0.3 is 10.2 Å². The number of likely N-dealkylation sites (N-methyl/N-ethyl adjacent to an activating group) is 2. The highest BCUT2D eigenvalue weighted by Gasteiger charge is 2.25. The van der Waals surface area contributed by atoms with Gasteiger partial charge >= 0.3 is 0 Å². The molecule has 1 aromatic rings. The monoisotopic (exact) mass is 311 g/mol. The molecule has 1 aliphatic heterocycles. The third kappa shape index (κ3) is 4.26. The molecule has 0 spiro atoms. The average Bonchev–Trinajstić information content (AvgIpc) is 2.70. The molecule has 118 valence electrons. The van der Waals surface area contributed by atoms with Crippen LogP contribution in [-0.4, -0.2) is 64.4 Å². The van der Waals surface area contributed by atoms with Crippen LogP contribution < -0.4 is 5.32 Å². The Kier molecular flexibility index (Phi) is 5.75. The van der Waals surface area contributed by atoms with Crippen molar-refractivity contribution in [2.24, 2.45) is 0 Å². The Hall–Kier alpha value is -0.950. The maximum Gasteiger partial charge on any atom is 0.243 e. The van der Waals surface area contributed by atoms with E-state index in [1.807, 2.05) is 26.2 Å². The normalized spacial score (nSPS) is 18.6. The van der Waals surface area contributed by atoms with E-state index in [4.69, 9.17) is 0 Å². The molecule has 0 aromatic heterocycles. The molecule has 1 aromatic carbocycles. The van der Waals surface area contributed by atoms with Crippen LogP contribution in [0.25, 0.3) is 0 Å². The first-order valence-electron chi connectivity index (χ1n) is 7.46. The lowest BCUT2D eigenvalue weighted by atomic mass is 10.1. The molecule has 1 heterocycles. The van der Waals surface area contributed by atoms with Crippen LogP contribution in [0.2, 0.25) is 0 Å². The van der Waals surface area contributed by atoms with Gasteiger partial charge in [-0.1, -0.05) is 12.1 Å². The van der Waals surface area contributed by atoms with Crippen molar-refractivity contribution >= 4 is 10.0 Å². The third-order valence-electron chi connectivity index (χ3n) is 3.90. The summed E-state index contributed by atoms with van der Waals surface area (Å²) in [5.74, 6) is 0. The highest BCUT2D eigenvalue weighted by Crippen LogP contribution is 2.18. The maximum absolute atomic E-state index is 12.7. The Morgan fingerprint density at radius 3 is 2.48 bits per heavy atom. The zero-order valence-electron chi connectivity index (χ0n) is 12.9. The van der Waals surface area contributed by atoms with E-state index in [0.29, 0.717) is 18.0 Å². The van der Waals surface area contributed by atoms with Crippen molar-refractivity contribution in [3.8, 4) is 0 Å². The lowest BCUT2D eigenvalue weighted by molar-refractivity contribution is 0.347. The fraction of sp³-hybridized carbons (Fsp3) is 0.600. The van der Waals surface area contributed by atoms with E-state index < -0.39 is 10.0 Å². The number of nitrogens with one attached hydrogen (secondary N) is 1. The molecule has 0 radical (unpaired) electrons. The molecule has 0 atom stereocenters. The Bertz CT molecular complexity index is 543. The molecule has 6 heteroatoms. The largest absolute Gasteiger partial charge is 0.319 e. The van der Waals surface area contributed by atoms with Crippen molar-refractivity contribution in [2.75, 3.05) is 46.8 Å². The lowest BCUT2D eigenvalue weighted by Crippen LogP contribution is -2.34. The van der Waals surface area contributed by atoms with Gasteiger partial charge in [0.15, 0.2) is 0 Å². The predicted octanol–water partition coefficient (Wildman–Crippen LogP) is 0.775. The van der Waals surface area contributed by atoms with Crippen molar-refractivity contribution < 1.29 is 8.42 Å². The molecule has 0 unspecified atom stereocenters. The van der Waals surface area contributed by atoms with Gasteiger partial charge in [0.25, 0.3) is 0 Å². The highest BCUT2D eigenvalue weighted by molar-refractivity contribution is 7.89. The van der Waals surface area contributed by atoms with Crippen LogP contribution in [0.4, 0.5) is 0 Å². The Morgan fingerprint density at radius 2 is 1.81 bits per heavy atom. The minimum atomic E-state index is -3.36. The quantitative estimate of drug-likeness (QED) is 0.873. The van der Waals surface area contributed by atoms with E-state index in [1.54, 1.807) is 16.4 Å². The number of rotatable bonds is 5. The zero-order valence-corrected chi connectivity index (χ0v) is 13.7. The minimum Gasteiger partial charge on any atom is -0.319 e. The summed E-state index contributed by atoms with van der Waals surface area (Å²) in [5.41, 5.74) is 1.15. The van der Waals surface area contributed by atoms with E-state index in [1.165, 1.54) is 0 Å². The summed E-state index contributed by atoms with van der Waals surface area (Å²) < 4.78 is 26.9. The van der Waals surface area contributed by atoms with Crippen molar-refractivity contribution in [3.05, 3.63) is 29.8 Å². The third-order valence-corrected chi connectivity index (χ3v) is 5.82. The van der Waals surface area contributed by atoms with Crippen LogP contribution in [0.15, 0.2) is 29.2 Å². The Balaban J connectivity index is 2.11. The summed E-state index contributed by atoms with van der Waals surface area (Å²) in [4.78, 5) is 2.58. The lowest BCUT2D eigenvalue weighted by Gasteiger charge is -2.20. The molecule has 1 fully saturated rings. The molecule has 21 heavy (non-hydrogen) atoms. The maximum atomic E-state index is 12.7. The van der Waals surface area contributed by atoms with Crippen molar-refractivity contribution in [3.63, 3.8) is 0 Å². The first-order chi connectivity index (χ1) is 10.0. The van der Waals surface area contributed by atoms with Crippen molar-refractivity contribution in [2.45, 2.75) is 17.7 Å². The second kappa shape index (κ2) is 7.35. The number of nitrogens with zero attached hydrogens (tertiary/aromatic N) is 2. The summed E-state index contributed by atoms with van der Waals surface area (Å²) in [6, 6.07) is 7.28. The number of sulfonamides is 1. The molecule has 2 rings (SSSR count). The standard InChI is InChI=1S/C15H25N3O2S/c1-16-9-8-14-4-6-15(7-5-14)21(19,20)18-11-3-10-17(2)12-13-18/h4-7,16H,3,8-13H2,1-2H3. The van der Waals surface area contributed by atoms with E-state index >= 15 is 0 Å². The Labute approximate surface area is 128 Å². The summed E-state index contributed by atoms with van der Waals surface area (Å²) in [5, 5.41) is 3.09. The van der Waals surface area contributed by atoms with Gasteiger partial charge in [-0.2, -0.15) is 4.31 Å². The summed E-state index contributed by atoms with van der Waals surface area (Å²) in [6.45, 7) is 3.81. The predicted molar refractivity (Wildman–Crippen MR) is 84.9 cm³/mol. The average molecular weight is 311 g/mol. The molecule has 0 aliphatic carbocycles. The van der Waals surface area contributed by atoms with Crippen LogP contribution in [0.1, 0.15) is 12.0 Å². The first-order valence-corrected chi connectivity index (χ1v) is 8.90. The van der Waals surface area contributed by atoms with Crippen molar-refractivity contribution in [1.82, 2.24) is 14.5 Å².